The highest BCUT2D eigenvalue weighted by Crippen LogP contribution is 2.40. The van der Waals surface area contributed by atoms with Crippen LogP contribution in [0.15, 0.2) is 0 Å². The zero-order chi connectivity index (χ0) is 74.0. The van der Waals surface area contributed by atoms with Crippen LogP contribution in [-0.2, 0) is 95.0 Å². The van der Waals surface area contributed by atoms with Crippen molar-refractivity contribution >= 4 is 47.0 Å². The highest BCUT2D eigenvalue weighted by Gasteiger charge is 2.60. The van der Waals surface area contributed by atoms with Gasteiger partial charge in [0, 0.05) is 29.4 Å². The average molecular weight is 1510 g/mol. The number of hydrogen-bond donors (Lipinski definition) is 22. The summed E-state index contributed by atoms with van der Waals surface area (Å²) in [5.74, 6) is -6.54. The molecule has 21 fully saturated rings. The number of nitrogens with one attached hydrogen (secondary N) is 1. The predicted molar refractivity (Wildman–Crippen MR) is 322 cm³/mol. The number of carbonyl (C=O) groups is 4. The number of ketones is 2. The van der Waals surface area contributed by atoms with Crippen molar-refractivity contribution < 1.29 is 202 Å². The number of ether oxygens (including phenoxy) is 16. The van der Waals surface area contributed by atoms with Gasteiger partial charge in [-0.25, -0.2) is 0 Å². The van der Waals surface area contributed by atoms with E-state index < -0.39 is 302 Å². The first-order valence-corrected chi connectivity index (χ1v) is 34.5. The smallest absolute Gasteiger partial charge is 0.321 e. The lowest BCUT2D eigenvalue weighted by Gasteiger charge is -2.50. The minimum Gasteiger partial charge on any atom is -0.481 e. The summed E-state index contributed by atoms with van der Waals surface area (Å²) in [7, 11) is 1.35. The maximum absolute atomic E-state index is 12.9. The van der Waals surface area contributed by atoms with Crippen molar-refractivity contribution in [3.05, 3.63) is 0 Å². The number of carboxylic acids is 2. The highest BCUT2D eigenvalue weighted by molar-refractivity contribution is 7.99. The Hall–Kier alpha value is -2.46. The minimum absolute atomic E-state index is 0.0588. The van der Waals surface area contributed by atoms with Crippen LogP contribution in [0.4, 0.5) is 0 Å². The molecule has 14 unspecified atom stereocenters. The second-order valence-electron chi connectivity index (χ2n) is 25.1. The van der Waals surface area contributed by atoms with E-state index in [9.17, 15) is 126 Å². The molecule has 22 N–H and O–H groups in total. The summed E-state index contributed by atoms with van der Waals surface area (Å²) in [6.45, 7) is -5.20. The van der Waals surface area contributed by atoms with E-state index in [2.05, 4.69) is 5.32 Å². The molecular formula is C57H93NO41S2. The van der Waals surface area contributed by atoms with E-state index in [1.54, 1.807) is 0 Å². The van der Waals surface area contributed by atoms with E-state index in [-0.39, 0.29) is 37.1 Å². The van der Waals surface area contributed by atoms with Crippen molar-refractivity contribution in [1.82, 2.24) is 5.32 Å². The second kappa shape index (κ2) is 38.6. The van der Waals surface area contributed by atoms with Crippen LogP contribution in [0.3, 0.4) is 0 Å². The summed E-state index contributed by atoms with van der Waals surface area (Å²) in [6, 6.07) is -1.18. The molecule has 21 rings (SSSR count). The summed E-state index contributed by atoms with van der Waals surface area (Å²) in [4.78, 5) is 48.5. The molecule has 37 atom stereocenters. The van der Waals surface area contributed by atoms with Crippen molar-refractivity contribution in [2.24, 2.45) is 5.92 Å². The standard InChI is InChI=1S/C57H93NO41S2/c1-17(64)11-84-3-4-85-12-19(65)5-18(49(80)81)13-100-15-26-47-33(71)40(78)56(91-26)96-45-24(9-62)87-53(36(74)29(45)67)95-44-23(8-61)90-55(39(77)32(44)70)99-48-27(16-101-14-20(58-2)50(82)83)92-57(41(79)34(48)72)97-46-25(10-63)88-52(37(75)30(46)68)93-42-21(6-59)86-51(35(73)28(42)66)94-43-22(7-60)89-54(98-47)38(76)31(43)69/h18,20-48,51-63,66-79H,3-16H2,1-2H3,(H,80,81)(H,82,83)/t18-,20-,21?,22?,23?,24?,25?,26?,27?,28-,29-,30-,31-,32-,33-,34-,35?,36?,37+,38?,39?,40?,41?,42-,43-,44-,45-,46-,47-,48-,51-,52?,53+,54+,55+,56-,57+/m1/s1. The number of likely N-dealkylation sites (N-methyl/N-ethyl adjacent to an activating group) is 1. The summed E-state index contributed by atoms with van der Waals surface area (Å²) in [6.07, 6.45) is -73.3. The fourth-order valence-corrected chi connectivity index (χ4v) is 14.7. The van der Waals surface area contributed by atoms with Gasteiger partial charge in [0.1, 0.15) is 178 Å². The van der Waals surface area contributed by atoms with Crippen LogP contribution in [0.25, 0.3) is 0 Å². The van der Waals surface area contributed by atoms with E-state index in [4.69, 9.17) is 75.8 Å². The average Bonchev–Trinajstić information content (AvgIpc) is 0.787. The van der Waals surface area contributed by atoms with Gasteiger partial charge in [0.2, 0.25) is 0 Å². The molecule has 21 aliphatic heterocycles. The van der Waals surface area contributed by atoms with Gasteiger partial charge in [-0.15, -0.1) is 0 Å². The van der Waals surface area contributed by atoms with Gasteiger partial charge >= 0.3 is 11.9 Å². The molecule has 0 spiro atoms. The number of thioether (sulfide) groups is 2. The number of rotatable bonds is 25. The van der Waals surface area contributed by atoms with Gasteiger partial charge < -0.3 is 188 Å². The molecule has 42 nitrogen and oxygen atoms in total. The molecule has 0 amide bonds. The SMILES string of the molecule is CN[C@H](CSCC1O[C@H]2O[C@@H]3C(CO)OC(O[C@@H]4C(CO)O[C@H](O[C@@H]5C(CO)O[C@@H](O[C@@H]6C(CSC[C@@H](CC(=O)COCCOCC(C)=O)C(=O)O)O[C@H](O[C@@H]7C(CO)O[C@@H](O[C@@H]8C(CO)O[C@@H](O[C@H]1[C@H](O)C2O)C(O)[C@H]8O)C(O)[C@H]7O)C(O)[C@H]6O)C(O)[C@H]5O)C(O)[C@H]4O)[C@@H](O)[C@H]3O)C(=O)O. The molecule has 21 aliphatic rings. The highest BCUT2D eigenvalue weighted by atomic mass is 32.2. The topological polar surface area (TPSA) is 653 Å². The molecule has 0 aromatic carbocycles. The largest absolute Gasteiger partial charge is 0.481 e. The fraction of sp³-hybridized carbons (Fsp3) is 0.930. The van der Waals surface area contributed by atoms with Gasteiger partial charge in [-0.1, -0.05) is 0 Å². The van der Waals surface area contributed by atoms with Crippen molar-refractivity contribution in [1.29, 1.82) is 0 Å². The van der Waals surface area contributed by atoms with Crippen LogP contribution in [0.2, 0.25) is 0 Å². The summed E-state index contributed by atoms with van der Waals surface area (Å²) >= 11 is 1.63. The molecule has 14 bridgehead atoms. The van der Waals surface area contributed by atoms with Crippen molar-refractivity contribution in [2.45, 2.75) is 234 Å². The van der Waals surface area contributed by atoms with Crippen molar-refractivity contribution in [3.63, 3.8) is 0 Å². The Morgan fingerprint density at radius 1 is 0.356 bits per heavy atom. The lowest BCUT2D eigenvalue weighted by Crippen LogP contribution is -2.68. The Morgan fingerprint density at radius 2 is 0.604 bits per heavy atom. The molecule has 0 aliphatic carbocycles. The third-order valence-corrected chi connectivity index (χ3v) is 20.3. The Morgan fingerprint density at radius 3 is 0.842 bits per heavy atom. The summed E-state index contributed by atoms with van der Waals surface area (Å²) in [5, 5.41) is 239. The molecule has 101 heavy (non-hydrogen) atoms. The third kappa shape index (κ3) is 20.1. The van der Waals surface area contributed by atoms with Gasteiger partial charge in [0.15, 0.2) is 55.6 Å². The molecule has 0 radical (unpaired) electrons. The van der Waals surface area contributed by atoms with E-state index >= 15 is 0 Å². The number of Topliss-reactive ketones (excluding diaryl/α,β-unsaturated/α-hetero) is 2. The molecule has 584 valence electrons. The minimum atomic E-state index is -2.32. The zero-order valence-corrected chi connectivity index (χ0v) is 55.8. The van der Waals surface area contributed by atoms with Crippen LogP contribution in [-0.4, -0.2) is 441 Å². The van der Waals surface area contributed by atoms with Crippen LogP contribution in [0.5, 0.6) is 0 Å². The number of carboxylic acid groups (broad SMARTS) is 2. The second-order valence-corrected chi connectivity index (χ2v) is 27.3. The first-order valence-electron chi connectivity index (χ1n) is 32.2. The Balaban J connectivity index is 1.09. The van der Waals surface area contributed by atoms with Gasteiger partial charge in [-0.2, -0.15) is 23.5 Å². The maximum atomic E-state index is 12.9. The zero-order valence-electron chi connectivity index (χ0n) is 54.1. The van der Waals surface area contributed by atoms with E-state index in [0.29, 0.717) is 0 Å². The summed E-state index contributed by atoms with van der Waals surface area (Å²) in [5.41, 5.74) is 0. The molecule has 0 aromatic heterocycles. The fourth-order valence-electron chi connectivity index (χ4n) is 12.4. The summed E-state index contributed by atoms with van der Waals surface area (Å²) < 4.78 is 92.8. The van der Waals surface area contributed by atoms with Crippen LogP contribution in [0, 0.1) is 5.92 Å². The van der Waals surface area contributed by atoms with E-state index in [1.165, 1.54) is 14.0 Å². The van der Waals surface area contributed by atoms with Crippen LogP contribution in [0.1, 0.15) is 13.3 Å². The van der Waals surface area contributed by atoms with Gasteiger partial charge in [-0.05, 0) is 14.0 Å². The number of aliphatic carboxylic acids is 2. The van der Waals surface area contributed by atoms with Crippen LogP contribution < -0.4 is 5.32 Å². The van der Waals surface area contributed by atoms with E-state index in [1.807, 2.05) is 0 Å². The lowest BCUT2D eigenvalue weighted by molar-refractivity contribution is -0.395. The molecule has 21 heterocycles. The molecule has 0 aromatic rings. The van der Waals surface area contributed by atoms with Gasteiger partial charge in [0.05, 0.1) is 64.4 Å². The number of aliphatic hydroxyl groups is 19. The van der Waals surface area contributed by atoms with Crippen LogP contribution >= 0.6 is 23.5 Å². The third-order valence-electron chi connectivity index (χ3n) is 18.0. The quantitative estimate of drug-likeness (QED) is 0.0377. The normalized spacial score (nSPS) is 45.5. The molecule has 44 heteroatoms. The molecule has 0 saturated carbocycles. The molecule has 21 saturated heterocycles. The lowest BCUT2D eigenvalue weighted by atomic mass is 9.95. The van der Waals surface area contributed by atoms with E-state index in [0.717, 1.165) is 23.5 Å². The Labute approximate surface area is 582 Å². The molecular weight excluding hydrogens is 1420 g/mol. The first-order chi connectivity index (χ1) is 48.0. The monoisotopic (exact) mass is 1510 g/mol. The van der Waals surface area contributed by atoms with Gasteiger partial charge in [0.25, 0.3) is 0 Å². The number of aliphatic hydroxyl groups excluding tert-OH is 19. The maximum Gasteiger partial charge on any atom is 0.321 e. The van der Waals surface area contributed by atoms with Crippen molar-refractivity contribution in [2.75, 3.05) is 89.5 Å². The first kappa shape index (κ1) is 84.2. The van der Waals surface area contributed by atoms with Gasteiger partial charge in [-0.3, -0.25) is 19.2 Å². The Bertz CT molecular complexity index is 2580. The predicted octanol–water partition coefficient (Wildman–Crippen LogP) is -13.8. The number of carbonyl (C=O) groups excluding carboxylic acids is 2. The number of hydrogen-bond acceptors (Lipinski definition) is 42. The van der Waals surface area contributed by atoms with Crippen molar-refractivity contribution in [3.8, 4) is 0 Å². The Kier molecular flexibility index (Phi) is 32.1.